The molecule has 9 aromatic rings. The van der Waals surface area contributed by atoms with E-state index >= 15 is 0 Å². The van der Waals surface area contributed by atoms with Gasteiger partial charge in [0.15, 0.2) is 0 Å². The van der Waals surface area contributed by atoms with Crippen molar-refractivity contribution in [2.24, 2.45) is 0 Å². The zero-order valence-corrected chi connectivity index (χ0v) is 25.1. The van der Waals surface area contributed by atoms with Crippen molar-refractivity contribution in [3.05, 3.63) is 176 Å². The minimum atomic E-state index is 0. The summed E-state index contributed by atoms with van der Waals surface area (Å²) in [6.45, 7) is 0. The SMILES string of the molecule is [HH].[HH].[HH].[HH].c1ccc(-c2ccc(N(c3ccc(-c4cccc5c4oc4ccccc45)cc3)c3cccc4ccc5ccccc5c34)cc2)cc1. The second kappa shape index (κ2) is 10.8. The molecule has 0 atom stereocenters. The molecule has 8 aromatic carbocycles. The molecule has 46 heavy (non-hydrogen) atoms. The Labute approximate surface area is 273 Å². The lowest BCUT2D eigenvalue weighted by atomic mass is 9.98. The second-order valence-corrected chi connectivity index (χ2v) is 11.7. The molecule has 1 aromatic heterocycles. The van der Waals surface area contributed by atoms with E-state index in [1.54, 1.807) is 0 Å². The van der Waals surface area contributed by atoms with E-state index in [4.69, 9.17) is 4.42 Å². The monoisotopic (exact) mass is 595 g/mol. The van der Waals surface area contributed by atoms with Crippen LogP contribution in [0.5, 0.6) is 0 Å². The summed E-state index contributed by atoms with van der Waals surface area (Å²) in [5, 5.41) is 7.22. The number of nitrogens with zero attached hydrogens (tertiary/aromatic N) is 1. The molecule has 2 heteroatoms. The first-order valence-electron chi connectivity index (χ1n) is 15.7. The van der Waals surface area contributed by atoms with Crippen molar-refractivity contribution < 1.29 is 10.1 Å². The maximum absolute atomic E-state index is 6.38. The van der Waals surface area contributed by atoms with Gasteiger partial charge in [-0.3, -0.25) is 0 Å². The minimum Gasteiger partial charge on any atom is -0.455 e. The van der Waals surface area contributed by atoms with Crippen molar-refractivity contribution in [2.75, 3.05) is 4.90 Å². The zero-order chi connectivity index (χ0) is 30.5. The number of fused-ring (bicyclic) bond motifs is 6. The van der Waals surface area contributed by atoms with E-state index in [0.29, 0.717) is 0 Å². The number of furan rings is 1. The maximum atomic E-state index is 6.38. The molecule has 0 aliphatic rings. The van der Waals surface area contributed by atoms with Crippen LogP contribution in [0.3, 0.4) is 0 Å². The lowest BCUT2D eigenvalue weighted by molar-refractivity contribution is 0.670. The Balaban J connectivity index is 0.00000121. The van der Waals surface area contributed by atoms with Gasteiger partial charge >= 0.3 is 0 Å². The van der Waals surface area contributed by atoms with E-state index in [1.807, 2.05) is 12.1 Å². The van der Waals surface area contributed by atoms with Gasteiger partial charge in [0, 0.05) is 38.8 Å². The molecule has 1 heterocycles. The number of hydrogen-bond donors (Lipinski definition) is 0. The van der Waals surface area contributed by atoms with Crippen LogP contribution < -0.4 is 4.90 Å². The van der Waals surface area contributed by atoms with E-state index in [0.717, 1.165) is 50.1 Å². The predicted molar refractivity (Wildman–Crippen MR) is 203 cm³/mol. The molecule has 0 fully saturated rings. The van der Waals surface area contributed by atoms with Gasteiger partial charge < -0.3 is 9.32 Å². The van der Waals surface area contributed by atoms with E-state index in [2.05, 4.69) is 169 Å². The van der Waals surface area contributed by atoms with Crippen molar-refractivity contribution >= 4 is 60.5 Å². The first-order chi connectivity index (χ1) is 22.8. The Bertz CT molecular complexity index is 2530. The number of para-hydroxylation sites is 2. The summed E-state index contributed by atoms with van der Waals surface area (Å²) in [5.74, 6) is 0. The topological polar surface area (TPSA) is 16.4 Å². The molecule has 224 valence electrons. The fraction of sp³-hybridized carbons (Fsp3) is 0. The van der Waals surface area contributed by atoms with Crippen molar-refractivity contribution in [3.63, 3.8) is 0 Å². The third-order valence-electron chi connectivity index (χ3n) is 9.06. The number of anilines is 3. The Morgan fingerprint density at radius 1 is 0.391 bits per heavy atom. The van der Waals surface area contributed by atoms with Crippen LogP contribution in [0.1, 0.15) is 5.71 Å². The smallest absolute Gasteiger partial charge is 0.143 e. The molecule has 0 amide bonds. The molecule has 0 unspecified atom stereocenters. The first-order valence-corrected chi connectivity index (χ1v) is 15.7. The third-order valence-corrected chi connectivity index (χ3v) is 9.06. The van der Waals surface area contributed by atoms with E-state index < -0.39 is 0 Å². The molecule has 0 saturated carbocycles. The fourth-order valence-corrected chi connectivity index (χ4v) is 6.85. The van der Waals surface area contributed by atoms with Gasteiger partial charge in [-0.2, -0.15) is 0 Å². The molecule has 0 spiro atoms. The Kier molecular flexibility index (Phi) is 6.17. The summed E-state index contributed by atoms with van der Waals surface area (Å²) >= 11 is 0. The van der Waals surface area contributed by atoms with Crippen LogP contribution in [0.25, 0.3) is 65.7 Å². The summed E-state index contributed by atoms with van der Waals surface area (Å²) in [4.78, 5) is 2.38. The molecule has 0 saturated heterocycles. The summed E-state index contributed by atoms with van der Waals surface area (Å²) in [5.41, 5.74) is 9.80. The predicted octanol–water partition coefficient (Wildman–Crippen LogP) is 13.7. The van der Waals surface area contributed by atoms with E-state index in [-0.39, 0.29) is 5.71 Å². The lowest BCUT2D eigenvalue weighted by Crippen LogP contribution is -2.10. The number of hydrogen-bond acceptors (Lipinski definition) is 2. The van der Waals surface area contributed by atoms with Crippen molar-refractivity contribution in [2.45, 2.75) is 0 Å². The maximum Gasteiger partial charge on any atom is 0.143 e. The Morgan fingerprint density at radius 2 is 0.978 bits per heavy atom. The van der Waals surface area contributed by atoms with Crippen LogP contribution in [0.4, 0.5) is 17.1 Å². The quantitative estimate of drug-likeness (QED) is 0.184. The second-order valence-electron chi connectivity index (χ2n) is 11.7. The fourth-order valence-electron chi connectivity index (χ4n) is 6.85. The van der Waals surface area contributed by atoms with Crippen LogP contribution in [-0.4, -0.2) is 0 Å². The van der Waals surface area contributed by atoms with Gasteiger partial charge in [-0.25, -0.2) is 0 Å². The van der Waals surface area contributed by atoms with Crippen LogP contribution >= 0.6 is 0 Å². The number of benzene rings is 8. The Hall–Kier alpha value is -6.12. The molecule has 2 nitrogen and oxygen atoms in total. The molecule has 0 aliphatic carbocycles. The summed E-state index contributed by atoms with van der Waals surface area (Å²) in [6, 6.07) is 62.7. The molecule has 9 rings (SSSR count). The molecule has 0 bridgehead atoms. The van der Waals surface area contributed by atoms with Crippen LogP contribution in [-0.2, 0) is 0 Å². The minimum absolute atomic E-state index is 0. The molecule has 0 radical (unpaired) electrons. The largest absolute Gasteiger partial charge is 0.455 e. The van der Waals surface area contributed by atoms with E-state index in [1.165, 1.54) is 32.7 Å². The summed E-state index contributed by atoms with van der Waals surface area (Å²) in [6.07, 6.45) is 0. The van der Waals surface area contributed by atoms with Crippen LogP contribution in [0, 0.1) is 0 Å². The highest BCUT2D eigenvalue weighted by atomic mass is 16.3. The van der Waals surface area contributed by atoms with Crippen LogP contribution in [0.15, 0.2) is 180 Å². The molecular weight excluding hydrogens is 558 g/mol. The Morgan fingerprint density at radius 3 is 1.78 bits per heavy atom. The highest BCUT2D eigenvalue weighted by Crippen LogP contribution is 2.43. The van der Waals surface area contributed by atoms with Gasteiger partial charge in [-0.15, -0.1) is 0 Å². The standard InChI is InChI=1S/C44H29NO.4H2/c1-2-10-30(11-3-1)31-22-26-35(27-23-31)45(41-18-8-13-34-21-20-32-12-4-5-14-37(32)43(34)41)36-28-24-33(25-29-36)38-16-9-17-40-39-15-6-7-19-42(39)46-44(38)40;;;;/h1-29H;4*1H. The molecular formula is C44H37NO. The van der Waals surface area contributed by atoms with Crippen LogP contribution in [0.2, 0.25) is 0 Å². The molecule has 0 N–H and O–H groups in total. The highest BCUT2D eigenvalue weighted by Gasteiger charge is 2.18. The summed E-state index contributed by atoms with van der Waals surface area (Å²) in [7, 11) is 0. The third kappa shape index (κ3) is 4.35. The van der Waals surface area contributed by atoms with Crippen molar-refractivity contribution in [1.29, 1.82) is 0 Å². The van der Waals surface area contributed by atoms with Gasteiger partial charge in [0.05, 0.1) is 5.69 Å². The highest BCUT2D eigenvalue weighted by molar-refractivity contribution is 6.15. The number of rotatable bonds is 5. The zero-order valence-electron chi connectivity index (χ0n) is 25.1. The van der Waals surface area contributed by atoms with E-state index in [9.17, 15) is 0 Å². The summed E-state index contributed by atoms with van der Waals surface area (Å²) < 4.78 is 6.38. The van der Waals surface area contributed by atoms with Gasteiger partial charge in [0.25, 0.3) is 0 Å². The van der Waals surface area contributed by atoms with Gasteiger partial charge in [0.1, 0.15) is 11.2 Å². The lowest BCUT2D eigenvalue weighted by Gasteiger charge is -2.28. The average molecular weight is 596 g/mol. The van der Waals surface area contributed by atoms with Crippen molar-refractivity contribution in [3.8, 4) is 22.3 Å². The molecule has 0 aliphatic heterocycles. The average Bonchev–Trinajstić information content (AvgIpc) is 3.52. The van der Waals surface area contributed by atoms with Gasteiger partial charge in [0.2, 0.25) is 0 Å². The van der Waals surface area contributed by atoms with Crippen molar-refractivity contribution in [1.82, 2.24) is 0 Å². The van der Waals surface area contributed by atoms with Gasteiger partial charge in [-0.05, 0) is 69.2 Å². The van der Waals surface area contributed by atoms with Gasteiger partial charge in [-0.1, -0.05) is 140 Å². The normalized spacial score (nSPS) is 11.5. The first kappa shape index (κ1) is 26.3.